The quantitative estimate of drug-likeness (QED) is 0.337. The molecule has 30 heavy (non-hydrogen) atoms. The van der Waals surface area contributed by atoms with Gasteiger partial charge < -0.3 is 0 Å². The number of hydrogen-bond donors (Lipinski definition) is 0. The lowest BCUT2D eigenvalue weighted by Crippen LogP contribution is -2.13. The minimum absolute atomic E-state index is 0.0734. The zero-order chi connectivity index (χ0) is 20.9. The lowest BCUT2D eigenvalue weighted by atomic mass is 9.79. The van der Waals surface area contributed by atoms with Crippen LogP contribution in [0.3, 0.4) is 0 Å². The van der Waals surface area contributed by atoms with Gasteiger partial charge in [0.05, 0.1) is 0 Å². The number of rotatable bonds is 7. The van der Waals surface area contributed by atoms with Crippen molar-refractivity contribution in [3.05, 3.63) is 94.8 Å². The van der Waals surface area contributed by atoms with Crippen LogP contribution in [0, 0.1) is 17.7 Å². The van der Waals surface area contributed by atoms with Crippen molar-refractivity contribution >= 4 is 22.4 Å². The van der Waals surface area contributed by atoms with Crippen LogP contribution in [0.15, 0.2) is 67.3 Å². The van der Waals surface area contributed by atoms with Crippen LogP contribution >= 0.6 is 11.6 Å². The second kappa shape index (κ2) is 9.79. The summed E-state index contributed by atoms with van der Waals surface area (Å²) < 4.78 is 15.1. The molecule has 0 atom stereocenters. The first-order valence-electron chi connectivity index (χ1n) is 11.2. The molecule has 4 rings (SSSR count). The Balaban J connectivity index is 1.39. The van der Waals surface area contributed by atoms with Crippen molar-refractivity contribution in [1.29, 1.82) is 0 Å². The third-order valence-corrected chi connectivity index (χ3v) is 7.01. The Bertz CT molecular complexity index is 997. The van der Waals surface area contributed by atoms with Crippen molar-refractivity contribution in [3.8, 4) is 0 Å². The molecule has 2 heteroatoms. The molecule has 0 unspecified atom stereocenters. The molecule has 0 amide bonds. The van der Waals surface area contributed by atoms with Crippen LogP contribution in [0.1, 0.15) is 48.8 Å². The second-order valence-electron chi connectivity index (χ2n) is 8.78. The Hall–Kier alpha value is -2.12. The monoisotopic (exact) mass is 420 g/mol. The van der Waals surface area contributed by atoms with E-state index >= 15 is 4.39 Å². The molecular weight excluding hydrogens is 391 g/mol. The molecule has 1 aliphatic carbocycles. The second-order valence-corrected chi connectivity index (χ2v) is 9.21. The predicted molar refractivity (Wildman–Crippen MR) is 127 cm³/mol. The number of aryl methyl sites for hydroxylation is 3. The summed E-state index contributed by atoms with van der Waals surface area (Å²) in [5, 5.41) is 2.48. The third-order valence-electron chi connectivity index (χ3n) is 6.76. The van der Waals surface area contributed by atoms with E-state index in [9.17, 15) is 0 Å². The van der Waals surface area contributed by atoms with Crippen LogP contribution in [0.4, 0.5) is 4.39 Å². The molecule has 0 aromatic heterocycles. The lowest BCUT2D eigenvalue weighted by Gasteiger charge is -2.26. The van der Waals surface area contributed by atoms with Crippen LogP contribution < -0.4 is 0 Å². The van der Waals surface area contributed by atoms with Crippen LogP contribution in [0.25, 0.3) is 10.8 Å². The number of halogens is 2. The fourth-order valence-electron chi connectivity index (χ4n) is 4.75. The smallest absolute Gasteiger partial charge is 0.134 e. The summed E-state index contributed by atoms with van der Waals surface area (Å²) in [5.41, 5.74) is 3.28. The molecule has 0 nitrogen and oxygen atoms in total. The van der Waals surface area contributed by atoms with Gasteiger partial charge in [-0.25, -0.2) is 4.39 Å². The van der Waals surface area contributed by atoms with Crippen LogP contribution in [-0.4, -0.2) is 0 Å². The molecule has 1 fully saturated rings. The van der Waals surface area contributed by atoms with E-state index in [1.807, 2.05) is 36.4 Å². The summed E-state index contributed by atoms with van der Waals surface area (Å²) in [6.07, 6.45) is 11.1. The molecule has 1 aliphatic rings. The molecule has 0 N–H and O–H groups in total. The van der Waals surface area contributed by atoms with Gasteiger partial charge in [-0.15, -0.1) is 6.58 Å². The van der Waals surface area contributed by atoms with Gasteiger partial charge in [-0.3, -0.25) is 0 Å². The zero-order valence-electron chi connectivity index (χ0n) is 17.5. The Kier molecular flexibility index (Phi) is 6.89. The van der Waals surface area contributed by atoms with Gasteiger partial charge >= 0.3 is 0 Å². The zero-order valence-corrected chi connectivity index (χ0v) is 18.3. The summed E-state index contributed by atoms with van der Waals surface area (Å²) in [5.74, 6) is 1.47. The first kappa shape index (κ1) is 21.1. The van der Waals surface area contributed by atoms with E-state index < -0.39 is 0 Å². The summed E-state index contributed by atoms with van der Waals surface area (Å²) in [6, 6.07) is 18.1. The highest BCUT2D eigenvalue weighted by atomic mass is 35.5. The Morgan fingerprint density at radius 3 is 2.33 bits per heavy atom. The first-order valence-corrected chi connectivity index (χ1v) is 11.6. The topological polar surface area (TPSA) is 0 Å². The van der Waals surface area contributed by atoms with E-state index in [1.165, 1.54) is 43.2 Å². The van der Waals surface area contributed by atoms with Crippen molar-refractivity contribution in [2.24, 2.45) is 11.8 Å². The molecule has 0 radical (unpaired) electrons. The summed E-state index contributed by atoms with van der Waals surface area (Å²) in [7, 11) is 0. The van der Waals surface area contributed by atoms with E-state index in [0.717, 1.165) is 46.0 Å². The third kappa shape index (κ3) is 5.13. The highest BCUT2D eigenvalue weighted by Gasteiger charge is 2.19. The van der Waals surface area contributed by atoms with Gasteiger partial charge in [-0.2, -0.15) is 0 Å². The standard InChI is InChI=1S/C28H30ClF/c1-2-20-3-5-21(6-4-20)7-8-23-12-18-27-25(19-23)15-14-24(28(27)30)13-9-22-10-16-26(29)17-11-22/h2,10-12,14-21H,1,3-9,13H2. The van der Waals surface area contributed by atoms with Gasteiger partial charge in [-0.05, 0) is 97.4 Å². The summed E-state index contributed by atoms with van der Waals surface area (Å²) in [6.45, 7) is 3.94. The minimum atomic E-state index is -0.0734. The molecule has 3 aromatic rings. The van der Waals surface area contributed by atoms with E-state index in [1.54, 1.807) is 0 Å². The van der Waals surface area contributed by atoms with Gasteiger partial charge in [0, 0.05) is 10.4 Å². The molecule has 3 aromatic carbocycles. The van der Waals surface area contributed by atoms with Crippen LogP contribution in [-0.2, 0) is 19.3 Å². The van der Waals surface area contributed by atoms with E-state index in [0.29, 0.717) is 6.42 Å². The number of fused-ring (bicyclic) bond motifs is 1. The Morgan fingerprint density at radius 2 is 1.60 bits per heavy atom. The number of benzene rings is 3. The van der Waals surface area contributed by atoms with Gasteiger partial charge in [0.2, 0.25) is 0 Å². The maximum Gasteiger partial charge on any atom is 0.134 e. The normalized spacial score (nSPS) is 19.1. The average Bonchev–Trinajstić information content (AvgIpc) is 2.78. The van der Waals surface area contributed by atoms with Crippen molar-refractivity contribution in [2.75, 3.05) is 0 Å². The molecule has 0 heterocycles. The van der Waals surface area contributed by atoms with Crippen LogP contribution in [0.5, 0.6) is 0 Å². The van der Waals surface area contributed by atoms with Gasteiger partial charge in [0.25, 0.3) is 0 Å². The summed E-state index contributed by atoms with van der Waals surface area (Å²) >= 11 is 5.95. The molecule has 0 aliphatic heterocycles. The molecule has 1 saturated carbocycles. The van der Waals surface area contributed by atoms with Gasteiger partial charge in [-0.1, -0.05) is 60.1 Å². The van der Waals surface area contributed by atoms with Crippen molar-refractivity contribution in [2.45, 2.75) is 51.4 Å². The number of hydrogen-bond acceptors (Lipinski definition) is 0. The molecule has 0 spiro atoms. The fraction of sp³-hybridized carbons (Fsp3) is 0.357. The average molecular weight is 421 g/mol. The van der Waals surface area contributed by atoms with E-state index in [4.69, 9.17) is 11.6 Å². The molecule has 0 bridgehead atoms. The fourth-order valence-corrected chi connectivity index (χ4v) is 4.87. The highest BCUT2D eigenvalue weighted by Crippen LogP contribution is 2.32. The largest absolute Gasteiger partial charge is 0.206 e. The highest BCUT2D eigenvalue weighted by molar-refractivity contribution is 6.30. The minimum Gasteiger partial charge on any atom is -0.206 e. The summed E-state index contributed by atoms with van der Waals surface area (Å²) in [4.78, 5) is 0. The maximum absolute atomic E-state index is 15.1. The van der Waals surface area contributed by atoms with Crippen LogP contribution in [0.2, 0.25) is 5.02 Å². The van der Waals surface area contributed by atoms with Crippen molar-refractivity contribution in [3.63, 3.8) is 0 Å². The molecule has 0 saturated heterocycles. The predicted octanol–water partition coefficient (Wildman–Crippen LogP) is 8.34. The first-order chi connectivity index (χ1) is 14.6. The SMILES string of the molecule is C=CC1CCC(CCc2ccc3c(F)c(CCc4ccc(Cl)cc4)ccc3c2)CC1. The van der Waals surface area contributed by atoms with Crippen molar-refractivity contribution < 1.29 is 4.39 Å². The Labute approximate surface area is 184 Å². The maximum atomic E-state index is 15.1. The van der Waals surface area contributed by atoms with E-state index in [2.05, 4.69) is 30.9 Å². The van der Waals surface area contributed by atoms with E-state index in [-0.39, 0.29) is 5.82 Å². The van der Waals surface area contributed by atoms with Gasteiger partial charge in [0.1, 0.15) is 5.82 Å². The lowest BCUT2D eigenvalue weighted by molar-refractivity contribution is 0.296. The van der Waals surface area contributed by atoms with Gasteiger partial charge in [0.15, 0.2) is 0 Å². The Morgan fingerprint density at radius 1 is 0.867 bits per heavy atom. The number of allylic oxidation sites excluding steroid dienone is 1. The molecule has 156 valence electrons. The van der Waals surface area contributed by atoms with Crippen molar-refractivity contribution in [1.82, 2.24) is 0 Å². The molecular formula is C28H30ClF.